The summed E-state index contributed by atoms with van der Waals surface area (Å²) in [6.07, 6.45) is 1.94. The Kier molecular flexibility index (Phi) is 2.62. The molecule has 0 saturated carbocycles. The van der Waals surface area contributed by atoms with Crippen molar-refractivity contribution in [3.05, 3.63) is 24.0 Å². The van der Waals surface area contributed by atoms with Gasteiger partial charge in [-0.15, -0.1) is 0 Å². The number of aryl methyl sites for hydroxylation is 1. The fourth-order valence-electron chi connectivity index (χ4n) is 1.33. The maximum Gasteiger partial charge on any atom is 0.199 e. The van der Waals surface area contributed by atoms with Gasteiger partial charge in [0.05, 0.1) is 0 Å². The summed E-state index contributed by atoms with van der Waals surface area (Å²) in [6.45, 7) is 2.10. The third-order valence-electron chi connectivity index (χ3n) is 2.02. The molecule has 0 amide bonds. The van der Waals surface area contributed by atoms with Gasteiger partial charge in [-0.1, -0.05) is 13.0 Å². The van der Waals surface area contributed by atoms with E-state index in [9.17, 15) is 0 Å². The molecule has 3 N–H and O–H groups in total. The molecule has 0 bridgehead atoms. The van der Waals surface area contributed by atoms with Crippen LogP contribution in [0.25, 0.3) is 11.5 Å². The summed E-state index contributed by atoms with van der Waals surface area (Å²) in [5.74, 6) is 1.97. The Bertz CT molecular complexity index is 449. The van der Waals surface area contributed by atoms with Crippen molar-refractivity contribution in [3.63, 3.8) is 0 Å². The molecule has 0 atom stereocenters. The highest BCUT2D eigenvalue weighted by atomic mass is 15.2. The van der Waals surface area contributed by atoms with Crippen molar-refractivity contribution in [2.24, 2.45) is 0 Å². The van der Waals surface area contributed by atoms with E-state index in [1.165, 1.54) is 0 Å². The molecule has 2 aromatic heterocycles. The lowest BCUT2D eigenvalue weighted by Crippen LogP contribution is -1.92. The zero-order chi connectivity index (χ0) is 10.7. The number of hydrogen-bond acceptors (Lipinski definition) is 4. The van der Waals surface area contributed by atoms with Crippen LogP contribution in [0.4, 0.5) is 5.82 Å². The van der Waals surface area contributed by atoms with Gasteiger partial charge in [-0.3, -0.25) is 5.10 Å². The van der Waals surface area contributed by atoms with Gasteiger partial charge in [0.1, 0.15) is 17.3 Å². The highest BCUT2D eigenvalue weighted by Crippen LogP contribution is 2.13. The fourth-order valence-corrected chi connectivity index (χ4v) is 1.33. The molecule has 2 aromatic rings. The van der Waals surface area contributed by atoms with Gasteiger partial charge in [-0.2, -0.15) is 5.10 Å². The van der Waals surface area contributed by atoms with Crippen molar-refractivity contribution in [3.8, 4) is 11.5 Å². The van der Waals surface area contributed by atoms with Crippen LogP contribution < -0.4 is 5.73 Å². The number of rotatable bonds is 3. The van der Waals surface area contributed by atoms with Crippen molar-refractivity contribution in [2.75, 3.05) is 5.73 Å². The first kappa shape index (κ1) is 9.64. The van der Waals surface area contributed by atoms with Crippen LogP contribution in [0.15, 0.2) is 18.2 Å². The molecule has 0 radical (unpaired) electrons. The zero-order valence-electron chi connectivity index (χ0n) is 8.57. The number of nitrogens with zero attached hydrogens (tertiary/aromatic N) is 3. The molecular formula is C10H13N5. The van der Waals surface area contributed by atoms with Crippen LogP contribution in [-0.2, 0) is 6.42 Å². The van der Waals surface area contributed by atoms with Crippen LogP contribution in [0.1, 0.15) is 19.2 Å². The van der Waals surface area contributed by atoms with Crippen molar-refractivity contribution >= 4 is 5.82 Å². The number of nitrogens with one attached hydrogen (secondary N) is 1. The van der Waals surface area contributed by atoms with E-state index in [2.05, 4.69) is 27.1 Å². The van der Waals surface area contributed by atoms with E-state index in [-0.39, 0.29) is 0 Å². The molecule has 15 heavy (non-hydrogen) atoms. The zero-order valence-corrected chi connectivity index (χ0v) is 8.57. The van der Waals surface area contributed by atoms with E-state index in [1.54, 1.807) is 6.07 Å². The van der Waals surface area contributed by atoms with Crippen molar-refractivity contribution in [2.45, 2.75) is 19.8 Å². The standard InChI is InChI=1S/C10H13N5/c1-2-4-9-13-10(15-14-9)7-5-3-6-8(11)12-7/h3,5-6H,2,4H2,1H3,(H2,11,12)(H,13,14,15). The van der Waals surface area contributed by atoms with E-state index in [4.69, 9.17) is 5.73 Å². The maximum absolute atomic E-state index is 5.58. The Morgan fingerprint density at radius 2 is 2.20 bits per heavy atom. The Labute approximate surface area is 87.8 Å². The van der Waals surface area contributed by atoms with E-state index in [0.717, 1.165) is 18.7 Å². The topological polar surface area (TPSA) is 80.5 Å². The SMILES string of the molecule is CCCc1nc(-c2cccc(N)n2)n[nH]1. The third-order valence-corrected chi connectivity index (χ3v) is 2.02. The van der Waals surface area contributed by atoms with Gasteiger partial charge in [-0.25, -0.2) is 9.97 Å². The van der Waals surface area contributed by atoms with E-state index >= 15 is 0 Å². The van der Waals surface area contributed by atoms with Crippen LogP contribution in [0.3, 0.4) is 0 Å². The van der Waals surface area contributed by atoms with Crippen LogP contribution >= 0.6 is 0 Å². The number of H-pyrrole nitrogens is 1. The van der Waals surface area contributed by atoms with Crippen LogP contribution in [-0.4, -0.2) is 20.2 Å². The van der Waals surface area contributed by atoms with E-state index in [1.807, 2.05) is 12.1 Å². The molecule has 0 aliphatic carbocycles. The van der Waals surface area contributed by atoms with Crippen molar-refractivity contribution in [1.29, 1.82) is 0 Å². The Hall–Kier alpha value is -1.91. The third kappa shape index (κ3) is 2.12. The number of aromatic nitrogens is 4. The Balaban J connectivity index is 2.29. The summed E-state index contributed by atoms with van der Waals surface area (Å²) in [5.41, 5.74) is 6.29. The predicted molar refractivity (Wildman–Crippen MR) is 58.0 cm³/mol. The van der Waals surface area contributed by atoms with E-state index < -0.39 is 0 Å². The van der Waals surface area contributed by atoms with Crippen LogP contribution in [0, 0.1) is 0 Å². The number of hydrogen-bond donors (Lipinski definition) is 2. The highest BCUT2D eigenvalue weighted by Gasteiger charge is 2.06. The molecule has 5 heteroatoms. The molecule has 0 aliphatic heterocycles. The monoisotopic (exact) mass is 203 g/mol. The Morgan fingerprint density at radius 3 is 2.93 bits per heavy atom. The van der Waals surface area contributed by atoms with Crippen molar-refractivity contribution in [1.82, 2.24) is 20.2 Å². The minimum atomic E-state index is 0.481. The molecule has 2 heterocycles. The lowest BCUT2D eigenvalue weighted by Gasteiger charge is -1.95. The number of anilines is 1. The summed E-state index contributed by atoms with van der Waals surface area (Å²) in [4.78, 5) is 8.48. The summed E-state index contributed by atoms with van der Waals surface area (Å²) in [5, 5.41) is 6.97. The first-order valence-corrected chi connectivity index (χ1v) is 4.93. The minimum Gasteiger partial charge on any atom is -0.384 e. The van der Waals surface area contributed by atoms with Gasteiger partial charge < -0.3 is 5.73 Å². The molecule has 78 valence electrons. The second kappa shape index (κ2) is 4.08. The number of nitrogens with two attached hydrogens (primary N) is 1. The minimum absolute atomic E-state index is 0.481. The maximum atomic E-state index is 5.58. The second-order valence-corrected chi connectivity index (χ2v) is 3.30. The normalized spacial score (nSPS) is 10.5. The van der Waals surface area contributed by atoms with Gasteiger partial charge in [0.2, 0.25) is 0 Å². The molecule has 2 rings (SSSR count). The number of nitrogen functional groups attached to an aromatic ring is 1. The van der Waals surface area contributed by atoms with Gasteiger partial charge in [-0.05, 0) is 18.6 Å². The summed E-state index contributed by atoms with van der Waals surface area (Å²) >= 11 is 0. The molecule has 0 unspecified atom stereocenters. The Morgan fingerprint density at radius 1 is 1.33 bits per heavy atom. The van der Waals surface area contributed by atoms with Crippen LogP contribution in [0.5, 0.6) is 0 Å². The smallest absolute Gasteiger partial charge is 0.199 e. The molecule has 0 spiro atoms. The molecule has 0 aliphatic rings. The fraction of sp³-hybridized carbons (Fsp3) is 0.300. The first-order valence-electron chi connectivity index (χ1n) is 4.93. The molecule has 5 nitrogen and oxygen atoms in total. The lowest BCUT2D eigenvalue weighted by molar-refractivity contribution is 0.841. The van der Waals surface area contributed by atoms with Gasteiger partial charge in [0.25, 0.3) is 0 Å². The average molecular weight is 203 g/mol. The lowest BCUT2D eigenvalue weighted by atomic mass is 10.3. The highest BCUT2D eigenvalue weighted by molar-refractivity contribution is 5.51. The van der Waals surface area contributed by atoms with E-state index in [0.29, 0.717) is 17.3 Å². The molecular weight excluding hydrogens is 190 g/mol. The van der Waals surface area contributed by atoms with Crippen LogP contribution in [0.2, 0.25) is 0 Å². The largest absolute Gasteiger partial charge is 0.384 e. The molecule has 0 aromatic carbocycles. The quantitative estimate of drug-likeness (QED) is 0.790. The van der Waals surface area contributed by atoms with Gasteiger partial charge in [0, 0.05) is 6.42 Å². The molecule has 0 fully saturated rings. The number of pyridine rings is 1. The average Bonchev–Trinajstić information content (AvgIpc) is 2.67. The first-order chi connectivity index (χ1) is 7.29. The van der Waals surface area contributed by atoms with Gasteiger partial charge in [0.15, 0.2) is 5.82 Å². The summed E-state index contributed by atoms with van der Waals surface area (Å²) < 4.78 is 0. The summed E-state index contributed by atoms with van der Waals surface area (Å²) in [6, 6.07) is 5.42. The second-order valence-electron chi connectivity index (χ2n) is 3.30. The van der Waals surface area contributed by atoms with Gasteiger partial charge >= 0.3 is 0 Å². The van der Waals surface area contributed by atoms with Crippen molar-refractivity contribution < 1.29 is 0 Å². The summed E-state index contributed by atoms with van der Waals surface area (Å²) in [7, 11) is 0. The molecule has 0 saturated heterocycles. The number of aromatic amines is 1. The predicted octanol–water partition coefficient (Wildman–Crippen LogP) is 1.40.